The Morgan fingerprint density at radius 2 is 1.69 bits per heavy atom. The molecule has 1 aromatic rings. The summed E-state index contributed by atoms with van der Waals surface area (Å²) in [5.74, 6) is -0.920. The molecule has 1 fully saturated rings. The van der Waals surface area contributed by atoms with E-state index in [-0.39, 0.29) is 55.7 Å². The molecule has 2 heterocycles. The van der Waals surface area contributed by atoms with Crippen LogP contribution in [0.15, 0.2) is 34.3 Å². The number of halogens is 1. The number of hydrogen-bond donors (Lipinski definition) is 0. The van der Waals surface area contributed by atoms with E-state index in [2.05, 4.69) is 5.10 Å². The second-order valence-corrected chi connectivity index (χ2v) is 8.05. The highest BCUT2D eigenvalue weighted by molar-refractivity contribution is 7.89. The quantitative estimate of drug-likeness (QED) is 0.750. The topological polar surface area (TPSA) is 90.4 Å². The van der Waals surface area contributed by atoms with Crippen LogP contribution < -0.4 is 0 Å². The summed E-state index contributed by atoms with van der Waals surface area (Å²) in [6.07, 6.45) is 0.524. The van der Waals surface area contributed by atoms with E-state index in [9.17, 15) is 22.4 Å². The minimum Gasteiger partial charge on any atom is -0.335 e. The van der Waals surface area contributed by atoms with Crippen molar-refractivity contribution < 1.29 is 22.4 Å². The van der Waals surface area contributed by atoms with Crippen molar-refractivity contribution in [1.29, 1.82) is 0 Å². The van der Waals surface area contributed by atoms with Crippen LogP contribution in [0.1, 0.15) is 12.8 Å². The lowest BCUT2D eigenvalue weighted by Crippen LogP contribution is -2.52. The molecule has 1 aromatic carbocycles. The molecule has 0 bridgehead atoms. The number of rotatable bonds is 3. The lowest BCUT2D eigenvalue weighted by Gasteiger charge is -2.34. The highest BCUT2D eigenvalue weighted by Crippen LogP contribution is 2.19. The summed E-state index contributed by atoms with van der Waals surface area (Å²) in [4.78, 5) is 25.5. The van der Waals surface area contributed by atoms with Crippen LogP contribution in [0.5, 0.6) is 0 Å². The normalized spacial score (nSPS) is 19.5. The summed E-state index contributed by atoms with van der Waals surface area (Å²) in [6, 6.07) is 4.66. The van der Waals surface area contributed by atoms with E-state index in [1.165, 1.54) is 23.5 Å². The third kappa shape index (κ3) is 3.61. The average molecular weight is 382 g/mol. The SMILES string of the molecule is CN1N=C(C(=O)N2CCN(S(=O)(=O)c3ccc(F)cc3)CC2)CCC1=O. The van der Waals surface area contributed by atoms with Crippen LogP contribution in [-0.2, 0) is 19.6 Å². The molecule has 2 amide bonds. The molecule has 2 aliphatic heterocycles. The highest BCUT2D eigenvalue weighted by Gasteiger charge is 2.32. The van der Waals surface area contributed by atoms with Crippen LogP contribution in [0.25, 0.3) is 0 Å². The predicted molar refractivity (Wildman–Crippen MR) is 91.2 cm³/mol. The first-order chi connectivity index (χ1) is 12.3. The molecule has 0 spiro atoms. The van der Waals surface area contributed by atoms with Gasteiger partial charge >= 0.3 is 0 Å². The number of sulfonamides is 1. The fourth-order valence-electron chi connectivity index (χ4n) is 2.89. The van der Waals surface area contributed by atoms with Gasteiger partial charge in [0.2, 0.25) is 15.9 Å². The Kier molecular flexibility index (Phi) is 5.05. The predicted octanol–water partition coefficient (Wildman–Crippen LogP) is 0.267. The maximum Gasteiger partial charge on any atom is 0.270 e. The molecule has 8 nitrogen and oxygen atoms in total. The molecule has 140 valence electrons. The van der Waals surface area contributed by atoms with Gasteiger partial charge in [-0.2, -0.15) is 9.41 Å². The second kappa shape index (κ2) is 7.12. The molecule has 1 saturated heterocycles. The molecular formula is C16H19FN4O4S. The molecule has 2 aliphatic rings. The number of piperazine rings is 1. The van der Waals surface area contributed by atoms with E-state index >= 15 is 0 Å². The van der Waals surface area contributed by atoms with Gasteiger partial charge in [0, 0.05) is 46.1 Å². The molecular weight excluding hydrogens is 363 g/mol. The van der Waals surface area contributed by atoms with Crippen LogP contribution in [-0.4, -0.2) is 73.4 Å². The van der Waals surface area contributed by atoms with Crippen LogP contribution in [0, 0.1) is 5.82 Å². The van der Waals surface area contributed by atoms with Crippen molar-refractivity contribution in [2.45, 2.75) is 17.7 Å². The van der Waals surface area contributed by atoms with Crippen molar-refractivity contribution in [2.75, 3.05) is 33.2 Å². The number of amides is 2. The molecule has 0 unspecified atom stereocenters. The summed E-state index contributed by atoms with van der Waals surface area (Å²) >= 11 is 0. The lowest BCUT2D eigenvalue weighted by molar-refractivity contribution is -0.130. The van der Waals surface area contributed by atoms with E-state index in [0.717, 1.165) is 17.1 Å². The van der Waals surface area contributed by atoms with Gasteiger partial charge in [-0.05, 0) is 24.3 Å². The van der Waals surface area contributed by atoms with Crippen molar-refractivity contribution in [3.63, 3.8) is 0 Å². The summed E-state index contributed by atoms with van der Waals surface area (Å²) in [5, 5.41) is 5.16. The standard InChI is InChI=1S/C16H19FN4O4S/c1-19-15(22)7-6-14(18-19)16(23)20-8-10-21(11-9-20)26(24,25)13-4-2-12(17)3-5-13/h2-5H,6-11H2,1H3. The van der Waals surface area contributed by atoms with Gasteiger partial charge in [-0.15, -0.1) is 0 Å². The maximum absolute atomic E-state index is 13.0. The molecule has 3 rings (SSSR count). The number of hydrazone groups is 1. The monoisotopic (exact) mass is 382 g/mol. The zero-order valence-corrected chi connectivity index (χ0v) is 15.1. The fourth-order valence-corrected chi connectivity index (χ4v) is 4.32. The Bertz CT molecular complexity index is 846. The van der Waals surface area contributed by atoms with Crippen LogP contribution >= 0.6 is 0 Å². The summed E-state index contributed by atoms with van der Waals surface area (Å²) in [6.45, 7) is 0.757. The summed E-state index contributed by atoms with van der Waals surface area (Å²) in [5.41, 5.74) is 0.307. The Morgan fingerprint density at radius 3 is 2.27 bits per heavy atom. The Hall–Kier alpha value is -2.33. The first-order valence-electron chi connectivity index (χ1n) is 8.18. The number of nitrogens with zero attached hydrogens (tertiary/aromatic N) is 4. The Balaban J connectivity index is 1.65. The molecule has 0 aliphatic carbocycles. The van der Waals surface area contributed by atoms with Crippen LogP contribution in [0.4, 0.5) is 4.39 Å². The third-order valence-electron chi connectivity index (χ3n) is 4.43. The first kappa shape index (κ1) is 18.5. The lowest BCUT2D eigenvalue weighted by atomic mass is 10.1. The van der Waals surface area contributed by atoms with Crippen molar-refractivity contribution in [3.8, 4) is 0 Å². The van der Waals surface area contributed by atoms with Gasteiger partial charge in [0.15, 0.2) is 0 Å². The average Bonchev–Trinajstić information content (AvgIpc) is 2.64. The third-order valence-corrected chi connectivity index (χ3v) is 6.34. The smallest absolute Gasteiger partial charge is 0.270 e. The van der Waals surface area contributed by atoms with Crippen LogP contribution in [0.3, 0.4) is 0 Å². The van der Waals surface area contributed by atoms with Crippen LogP contribution in [0.2, 0.25) is 0 Å². The molecule has 0 saturated carbocycles. The largest absolute Gasteiger partial charge is 0.335 e. The number of carbonyl (C=O) groups excluding carboxylic acids is 2. The van der Waals surface area contributed by atoms with E-state index in [1.807, 2.05) is 0 Å². The van der Waals surface area contributed by atoms with E-state index in [0.29, 0.717) is 5.71 Å². The van der Waals surface area contributed by atoms with Crippen molar-refractivity contribution in [2.24, 2.45) is 5.10 Å². The van der Waals surface area contributed by atoms with Gasteiger partial charge in [0.25, 0.3) is 5.91 Å². The van der Waals surface area contributed by atoms with Crippen molar-refractivity contribution >= 4 is 27.5 Å². The molecule has 10 heteroatoms. The summed E-state index contributed by atoms with van der Waals surface area (Å²) in [7, 11) is -2.22. The second-order valence-electron chi connectivity index (χ2n) is 6.11. The zero-order valence-electron chi connectivity index (χ0n) is 14.3. The van der Waals surface area contributed by atoms with Crippen molar-refractivity contribution in [1.82, 2.24) is 14.2 Å². The molecule has 0 atom stereocenters. The van der Waals surface area contributed by atoms with E-state index in [4.69, 9.17) is 0 Å². The van der Waals surface area contributed by atoms with Crippen molar-refractivity contribution in [3.05, 3.63) is 30.1 Å². The van der Waals surface area contributed by atoms with E-state index < -0.39 is 15.8 Å². The van der Waals surface area contributed by atoms with Gasteiger partial charge < -0.3 is 4.90 Å². The molecule has 0 radical (unpaired) electrons. The molecule has 26 heavy (non-hydrogen) atoms. The highest BCUT2D eigenvalue weighted by atomic mass is 32.2. The maximum atomic E-state index is 13.0. The minimum absolute atomic E-state index is 0.0236. The Labute approximate surface area is 150 Å². The fraction of sp³-hybridized carbons (Fsp3) is 0.438. The number of carbonyl (C=O) groups is 2. The number of benzene rings is 1. The number of hydrogen-bond acceptors (Lipinski definition) is 5. The Morgan fingerprint density at radius 1 is 1.08 bits per heavy atom. The first-order valence-corrected chi connectivity index (χ1v) is 9.62. The van der Waals surface area contributed by atoms with Gasteiger partial charge in [0.05, 0.1) is 4.90 Å². The van der Waals surface area contributed by atoms with E-state index in [1.54, 1.807) is 4.90 Å². The van der Waals surface area contributed by atoms with Gasteiger partial charge in [0.1, 0.15) is 11.5 Å². The van der Waals surface area contributed by atoms with Gasteiger partial charge in [-0.1, -0.05) is 0 Å². The zero-order chi connectivity index (χ0) is 18.9. The molecule has 0 aromatic heterocycles. The van der Waals surface area contributed by atoms with Gasteiger partial charge in [-0.25, -0.2) is 17.8 Å². The van der Waals surface area contributed by atoms with Gasteiger partial charge in [-0.3, -0.25) is 9.59 Å². The molecule has 0 N–H and O–H groups in total. The minimum atomic E-state index is -3.72. The summed E-state index contributed by atoms with van der Waals surface area (Å²) < 4.78 is 39.5.